The molecule has 1 aromatic heterocycles. The lowest BCUT2D eigenvalue weighted by atomic mass is 10.2. The molecule has 7 heteroatoms. The molecule has 138 valence electrons. The maximum Gasteiger partial charge on any atom is 0.264 e. The van der Waals surface area contributed by atoms with Crippen LogP contribution in [0.1, 0.15) is 15.2 Å². The number of nitrogens with zero attached hydrogens (tertiary/aromatic N) is 3. The van der Waals surface area contributed by atoms with E-state index in [1.165, 1.54) is 23.5 Å². The highest BCUT2D eigenvalue weighted by molar-refractivity contribution is 7.12. The van der Waals surface area contributed by atoms with Gasteiger partial charge in [-0.25, -0.2) is 4.39 Å². The van der Waals surface area contributed by atoms with E-state index in [4.69, 9.17) is 0 Å². The monoisotopic (exact) mass is 375 g/mol. The number of rotatable bonds is 5. The highest BCUT2D eigenvalue weighted by Gasteiger charge is 2.25. The molecule has 2 amide bonds. The molecule has 1 aromatic carbocycles. The van der Waals surface area contributed by atoms with Crippen molar-refractivity contribution in [1.29, 1.82) is 0 Å². The molecule has 26 heavy (non-hydrogen) atoms. The van der Waals surface area contributed by atoms with E-state index in [0.717, 1.165) is 10.4 Å². The number of carbonyl (C=O) groups excluding carboxylic acids is 2. The van der Waals surface area contributed by atoms with Gasteiger partial charge in [0.05, 0.1) is 11.4 Å². The quantitative estimate of drug-likeness (QED) is 0.806. The normalized spacial score (nSPS) is 14.7. The van der Waals surface area contributed by atoms with Gasteiger partial charge in [0.1, 0.15) is 5.82 Å². The van der Waals surface area contributed by atoms with Gasteiger partial charge in [-0.05, 0) is 36.2 Å². The standard InChI is InChI=1S/C19H22FN3O2S/c1-21(13-15-4-2-5-16(20)12-15)14-18(24)22-7-9-23(10-8-22)19(25)17-6-3-11-26-17/h2-6,11-12H,7-10,13-14H2,1H3. The van der Waals surface area contributed by atoms with Gasteiger partial charge in [-0.2, -0.15) is 0 Å². The van der Waals surface area contributed by atoms with Gasteiger partial charge in [-0.15, -0.1) is 11.3 Å². The van der Waals surface area contributed by atoms with Gasteiger partial charge in [0.2, 0.25) is 5.91 Å². The first kappa shape index (κ1) is 18.5. The number of thiophene rings is 1. The minimum Gasteiger partial charge on any atom is -0.338 e. The Balaban J connectivity index is 1.46. The maximum atomic E-state index is 13.2. The van der Waals surface area contributed by atoms with Crippen LogP contribution in [0.25, 0.3) is 0 Å². The topological polar surface area (TPSA) is 43.9 Å². The molecule has 1 aliphatic rings. The van der Waals surface area contributed by atoms with E-state index in [0.29, 0.717) is 32.7 Å². The Labute approximate surface area is 156 Å². The summed E-state index contributed by atoms with van der Waals surface area (Å²) < 4.78 is 13.2. The Kier molecular flexibility index (Phi) is 6.00. The van der Waals surface area contributed by atoms with Crippen molar-refractivity contribution in [3.8, 4) is 0 Å². The fraction of sp³-hybridized carbons (Fsp3) is 0.368. The van der Waals surface area contributed by atoms with E-state index in [-0.39, 0.29) is 24.2 Å². The fourth-order valence-electron chi connectivity index (χ4n) is 3.05. The molecular weight excluding hydrogens is 353 g/mol. The molecule has 0 spiro atoms. The molecule has 0 unspecified atom stereocenters. The van der Waals surface area contributed by atoms with Crippen LogP contribution in [0.3, 0.4) is 0 Å². The summed E-state index contributed by atoms with van der Waals surface area (Å²) in [7, 11) is 1.85. The van der Waals surface area contributed by atoms with Crippen molar-refractivity contribution in [3.05, 3.63) is 58.0 Å². The van der Waals surface area contributed by atoms with Gasteiger partial charge in [-0.1, -0.05) is 18.2 Å². The number of hydrogen-bond donors (Lipinski definition) is 0. The molecule has 0 atom stereocenters. The lowest BCUT2D eigenvalue weighted by Gasteiger charge is -2.35. The molecular formula is C19H22FN3O2S. The third kappa shape index (κ3) is 4.68. The van der Waals surface area contributed by atoms with Crippen molar-refractivity contribution < 1.29 is 14.0 Å². The van der Waals surface area contributed by atoms with Crippen LogP contribution in [0, 0.1) is 5.82 Å². The van der Waals surface area contributed by atoms with Crippen molar-refractivity contribution in [3.63, 3.8) is 0 Å². The van der Waals surface area contributed by atoms with Gasteiger partial charge < -0.3 is 9.80 Å². The largest absolute Gasteiger partial charge is 0.338 e. The molecule has 1 aliphatic heterocycles. The lowest BCUT2D eigenvalue weighted by molar-refractivity contribution is -0.133. The summed E-state index contributed by atoms with van der Waals surface area (Å²) in [6.45, 7) is 2.98. The van der Waals surface area contributed by atoms with Crippen LogP contribution in [0.4, 0.5) is 4.39 Å². The predicted octanol–water partition coefficient (Wildman–Crippen LogP) is 2.30. The molecule has 1 saturated heterocycles. The zero-order valence-electron chi connectivity index (χ0n) is 14.7. The Morgan fingerprint density at radius 1 is 1.12 bits per heavy atom. The minimum atomic E-state index is -0.270. The average Bonchev–Trinajstić information content (AvgIpc) is 3.15. The molecule has 3 rings (SSSR count). The highest BCUT2D eigenvalue weighted by atomic mass is 32.1. The molecule has 2 aromatic rings. The van der Waals surface area contributed by atoms with E-state index in [2.05, 4.69) is 0 Å². The smallest absolute Gasteiger partial charge is 0.264 e. The second-order valence-electron chi connectivity index (χ2n) is 6.45. The van der Waals surface area contributed by atoms with E-state index < -0.39 is 0 Å². The summed E-state index contributed by atoms with van der Waals surface area (Å²) in [6, 6.07) is 10.1. The average molecular weight is 375 g/mol. The van der Waals surface area contributed by atoms with Gasteiger partial charge in [0.15, 0.2) is 0 Å². The van der Waals surface area contributed by atoms with Crippen LogP contribution < -0.4 is 0 Å². The first-order chi connectivity index (χ1) is 12.5. The SMILES string of the molecule is CN(CC(=O)N1CCN(C(=O)c2cccs2)CC1)Cc1cccc(F)c1. The van der Waals surface area contributed by atoms with Crippen molar-refractivity contribution in [2.75, 3.05) is 39.8 Å². The number of benzene rings is 1. The summed E-state index contributed by atoms with van der Waals surface area (Å²) >= 11 is 1.44. The van der Waals surface area contributed by atoms with E-state index in [1.807, 2.05) is 35.5 Å². The zero-order chi connectivity index (χ0) is 18.5. The second kappa shape index (κ2) is 8.42. The van der Waals surface area contributed by atoms with Crippen molar-refractivity contribution >= 4 is 23.2 Å². The Hall–Kier alpha value is -2.25. The van der Waals surface area contributed by atoms with Crippen LogP contribution in [0.15, 0.2) is 41.8 Å². The first-order valence-corrected chi connectivity index (χ1v) is 9.44. The van der Waals surface area contributed by atoms with Crippen molar-refractivity contribution in [2.45, 2.75) is 6.54 Å². The molecule has 5 nitrogen and oxygen atoms in total. The van der Waals surface area contributed by atoms with Crippen LogP contribution >= 0.6 is 11.3 Å². The second-order valence-corrected chi connectivity index (χ2v) is 7.40. The molecule has 0 saturated carbocycles. The fourth-order valence-corrected chi connectivity index (χ4v) is 3.74. The number of hydrogen-bond acceptors (Lipinski definition) is 4. The van der Waals surface area contributed by atoms with Crippen LogP contribution in [-0.2, 0) is 11.3 Å². The molecule has 0 radical (unpaired) electrons. The zero-order valence-corrected chi connectivity index (χ0v) is 15.5. The van der Waals surface area contributed by atoms with Crippen LogP contribution in [0.2, 0.25) is 0 Å². The Morgan fingerprint density at radius 2 is 1.85 bits per heavy atom. The summed E-state index contributed by atoms with van der Waals surface area (Å²) in [5.41, 5.74) is 0.840. The predicted molar refractivity (Wildman–Crippen MR) is 99.5 cm³/mol. The van der Waals surface area contributed by atoms with E-state index in [1.54, 1.807) is 15.9 Å². The molecule has 0 bridgehead atoms. The number of likely N-dealkylation sites (N-methyl/N-ethyl adjacent to an activating group) is 1. The summed E-state index contributed by atoms with van der Waals surface area (Å²) in [5.74, 6) is -0.198. The maximum absolute atomic E-state index is 13.2. The minimum absolute atomic E-state index is 0.0344. The lowest BCUT2D eigenvalue weighted by Crippen LogP contribution is -2.52. The van der Waals surface area contributed by atoms with E-state index >= 15 is 0 Å². The summed E-state index contributed by atoms with van der Waals surface area (Å²) in [6.07, 6.45) is 0. The number of carbonyl (C=O) groups is 2. The molecule has 0 N–H and O–H groups in total. The summed E-state index contributed by atoms with van der Waals surface area (Å²) in [5, 5.41) is 1.89. The number of halogens is 1. The summed E-state index contributed by atoms with van der Waals surface area (Å²) in [4.78, 5) is 31.0. The highest BCUT2D eigenvalue weighted by Crippen LogP contribution is 2.14. The first-order valence-electron chi connectivity index (χ1n) is 8.56. The van der Waals surface area contributed by atoms with Gasteiger partial charge in [-0.3, -0.25) is 14.5 Å². The van der Waals surface area contributed by atoms with Crippen molar-refractivity contribution in [2.24, 2.45) is 0 Å². The van der Waals surface area contributed by atoms with Gasteiger partial charge in [0.25, 0.3) is 5.91 Å². The molecule has 1 fully saturated rings. The third-order valence-electron chi connectivity index (χ3n) is 4.40. The Bertz CT molecular complexity index is 758. The number of piperazine rings is 1. The van der Waals surface area contributed by atoms with Crippen LogP contribution in [0.5, 0.6) is 0 Å². The number of amides is 2. The van der Waals surface area contributed by atoms with Gasteiger partial charge in [0, 0.05) is 32.7 Å². The van der Waals surface area contributed by atoms with Crippen molar-refractivity contribution in [1.82, 2.24) is 14.7 Å². The third-order valence-corrected chi connectivity index (χ3v) is 5.26. The Morgan fingerprint density at radius 3 is 2.50 bits per heavy atom. The van der Waals surface area contributed by atoms with E-state index in [9.17, 15) is 14.0 Å². The molecule has 2 heterocycles. The molecule has 0 aliphatic carbocycles. The van der Waals surface area contributed by atoms with Crippen LogP contribution in [-0.4, -0.2) is 66.3 Å². The van der Waals surface area contributed by atoms with Gasteiger partial charge >= 0.3 is 0 Å².